The van der Waals surface area contributed by atoms with Crippen molar-refractivity contribution in [3.8, 4) is 11.1 Å². The van der Waals surface area contributed by atoms with Crippen LogP contribution in [0.25, 0.3) is 11.1 Å². The van der Waals surface area contributed by atoms with Gasteiger partial charge in [-0.15, -0.1) is 0 Å². The van der Waals surface area contributed by atoms with Gasteiger partial charge in [-0.3, -0.25) is 0 Å². The number of benzene rings is 2. The summed E-state index contributed by atoms with van der Waals surface area (Å²) in [5.74, 6) is -0.212. The third-order valence-electron chi connectivity index (χ3n) is 2.53. The summed E-state index contributed by atoms with van der Waals surface area (Å²) in [7, 11) is 0. The Morgan fingerprint density at radius 1 is 0.938 bits per heavy atom. The average Bonchev–Trinajstić information content (AvgIpc) is 2.20. The first-order chi connectivity index (χ1) is 7.56. The summed E-state index contributed by atoms with van der Waals surface area (Å²) in [6, 6.07) is 10.7. The predicted octanol–water partition coefficient (Wildman–Crippen LogP) is 3.69. The van der Waals surface area contributed by atoms with Gasteiger partial charge < -0.3 is 5.73 Å². The number of rotatable bonds is 1. The van der Waals surface area contributed by atoms with Gasteiger partial charge in [0.1, 0.15) is 5.82 Å². The van der Waals surface area contributed by atoms with E-state index in [1.54, 1.807) is 12.1 Å². The first-order valence-corrected chi connectivity index (χ1v) is 5.20. The van der Waals surface area contributed by atoms with Crippen molar-refractivity contribution in [3.05, 3.63) is 53.3 Å². The van der Waals surface area contributed by atoms with E-state index in [4.69, 9.17) is 5.73 Å². The van der Waals surface area contributed by atoms with Crippen molar-refractivity contribution in [2.75, 3.05) is 5.73 Å². The molecule has 0 aliphatic heterocycles. The van der Waals surface area contributed by atoms with Crippen LogP contribution in [0, 0.1) is 19.7 Å². The molecule has 0 heterocycles. The van der Waals surface area contributed by atoms with Crippen LogP contribution in [0.5, 0.6) is 0 Å². The Morgan fingerprint density at radius 2 is 1.69 bits per heavy atom. The first kappa shape index (κ1) is 10.7. The minimum absolute atomic E-state index is 0.212. The molecule has 0 aromatic heterocycles. The minimum atomic E-state index is -0.212. The number of anilines is 1. The van der Waals surface area contributed by atoms with E-state index in [0.29, 0.717) is 11.3 Å². The molecule has 2 aromatic carbocycles. The highest BCUT2D eigenvalue weighted by Crippen LogP contribution is 2.26. The summed E-state index contributed by atoms with van der Waals surface area (Å²) < 4.78 is 13.7. The Kier molecular flexibility index (Phi) is 2.65. The SMILES string of the molecule is Cc1cc(N)cc(-c2cc(C)ccc2F)c1. The van der Waals surface area contributed by atoms with E-state index in [1.807, 2.05) is 32.0 Å². The summed E-state index contributed by atoms with van der Waals surface area (Å²) in [5.41, 5.74) is 9.94. The average molecular weight is 215 g/mol. The minimum Gasteiger partial charge on any atom is -0.399 e. The molecule has 0 aliphatic carbocycles. The molecule has 0 fully saturated rings. The molecule has 0 atom stereocenters. The molecule has 2 aromatic rings. The van der Waals surface area contributed by atoms with Crippen molar-refractivity contribution in [1.82, 2.24) is 0 Å². The molecule has 0 saturated carbocycles. The number of hydrogen-bond acceptors (Lipinski definition) is 1. The molecular weight excluding hydrogens is 201 g/mol. The normalized spacial score (nSPS) is 10.4. The van der Waals surface area contributed by atoms with Crippen molar-refractivity contribution in [1.29, 1.82) is 0 Å². The monoisotopic (exact) mass is 215 g/mol. The van der Waals surface area contributed by atoms with E-state index in [0.717, 1.165) is 16.7 Å². The Bertz CT molecular complexity index is 512. The highest BCUT2D eigenvalue weighted by Gasteiger charge is 2.06. The molecule has 16 heavy (non-hydrogen) atoms. The molecule has 82 valence electrons. The maximum atomic E-state index is 13.7. The van der Waals surface area contributed by atoms with Crippen LogP contribution >= 0.6 is 0 Å². The van der Waals surface area contributed by atoms with Crippen LogP contribution in [0.4, 0.5) is 10.1 Å². The molecule has 2 heteroatoms. The lowest BCUT2D eigenvalue weighted by Crippen LogP contribution is -1.90. The van der Waals surface area contributed by atoms with Gasteiger partial charge in [-0.2, -0.15) is 0 Å². The standard InChI is InChI=1S/C14H14FN/c1-9-3-4-14(15)13(7-9)11-5-10(2)6-12(16)8-11/h3-8H,16H2,1-2H3. The van der Waals surface area contributed by atoms with Gasteiger partial charge in [0.25, 0.3) is 0 Å². The van der Waals surface area contributed by atoms with Gasteiger partial charge in [0.15, 0.2) is 0 Å². The zero-order chi connectivity index (χ0) is 11.7. The smallest absolute Gasteiger partial charge is 0.131 e. The van der Waals surface area contributed by atoms with Gasteiger partial charge in [0.05, 0.1) is 0 Å². The van der Waals surface area contributed by atoms with Crippen molar-refractivity contribution >= 4 is 5.69 Å². The summed E-state index contributed by atoms with van der Waals surface area (Å²) in [5, 5.41) is 0. The van der Waals surface area contributed by atoms with E-state index < -0.39 is 0 Å². The predicted molar refractivity (Wildman–Crippen MR) is 65.7 cm³/mol. The third-order valence-corrected chi connectivity index (χ3v) is 2.53. The number of nitrogen functional groups attached to an aromatic ring is 1. The second-order valence-electron chi connectivity index (χ2n) is 4.12. The van der Waals surface area contributed by atoms with Crippen LogP contribution < -0.4 is 5.73 Å². The van der Waals surface area contributed by atoms with Crippen LogP contribution in [0.1, 0.15) is 11.1 Å². The number of nitrogens with two attached hydrogens (primary N) is 1. The quantitative estimate of drug-likeness (QED) is 0.721. The van der Waals surface area contributed by atoms with Crippen molar-refractivity contribution in [3.63, 3.8) is 0 Å². The van der Waals surface area contributed by atoms with Gasteiger partial charge in [-0.25, -0.2) is 4.39 Å². The molecule has 0 unspecified atom stereocenters. The molecule has 1 nitrogen and oxygen atoms in total. The Morgan fingerprint density at radius 3 is 2.38 bits per heavy atom. The van der Waals surface area contributed by atoms with Gasteiger partial charge in [-0.1, -0.05) is 17.7 Å². The van der Waals surface area contributed by atoms with Gasteiger partial charge in [0, 0.05) is 11.3 Å². The van der Waals surface area contributed by atoms with Crippen LogP contribution in [0.2, 0.25) is 0 Å². The van der Waals surface area contributed by atoms with Gasteiger partial charge in [-0.05, 0) is 49.2 Å². The van der Waals surface area contributed by atoms with Crippen LogP contribution in [-0.2, 0) is 0 Å². The maximum Gasteiger partial charge on any atom is 0.131 e. The number of aryl methyl sites for hydroxylation is 2. The second-order valence-corrected chi connectivity index (χ2v) is 4.12. The van der Waals surface area contributed by atoms with E-state index >= 15 is 0 Å². The Hall–Kier alpha value is -1.83. The fraction of sp³-hybridized carbons (Fsp3) is 0.143. The van der Waals surface area contributed by atoms with E-state index in [9.17, 15) is 4.39 Å². The highest BCUT2D eigenvalue weighted by molar-refractivity contribution is 5.69. The van der Waals surface area contributed by atoms with Crippen molar-refractivity contribution in [2.45, 2.75) is 13.8 Å². The van der Waals surface area contributed by atoms with Gasteiger partial charge in [0.2, 0.25) is 0 Å². The molecule has 0 saturated heterocycles. The summed E-state index contributed by atoms with van der Waals surface area (Å²) >= 11 is 0. The Labute approximate surface area is 94.7 Å². The van der Waals surface area contributed by atoms with Crippen LogP contribution in [0.15, 0.2) is 36.4 Å². The topological polar surface area (TPSA) is 26.0 Å². The molecule has 2 N–H and O–H groups in total. The zero-order valence-corrected chi connectivity index (χ0v) is 9.42. The molecule has 0 spiro atoms. The van der Waals surface area contributed by atoms with E-state index in [-0.39, 0.29) is 5.82 Å². The molecule has 0 radical (unpaired) electrons. The molecule has 2 rings (SSSR count). The van der Waals surface area contributed by atoms with Crippen molar-refractivity contribution < 1.29 is 4.39 Å². The summed E-state index contributed by atoms with van der Waals surface area (Å²) in [6.45, 7) is 3.90. The fourth-order valence-electron chi connectivity index (χ4n) is 1.83. The first-order valence-electron chi connectivity index (χ1n) is 5.20. The zero-order valence-electron chi connectivity index (χ0n) is 9.42. The third kappa shape index (κ3) is 2.06. The fourth-order valence-corrected chi connectivity index (χ4v) is 1.83. The van der Waals surface area contributed by atoms with Gasteiger partial charge >= 0.3 is 0 Å². The molecule has 0 aliphatic rings. The summed E-state index contributed by atoms with van der Waals surface area (Å²) in [6.07, 6.45) is 0. The number of hydrogen-bond donors (Lipinski definition) is 1. The lowest BCUT2D eigenvalue weighted by atomic mass is 10.0. The maximum absolute atomic E-state index is 13.7. The lowest BCUT2D eigenvalue weighted by molar-refractivity contribution is 0.631. The molecule has 0 bridgehead atoms. The molecule has 0 amide bonds. The highest BCUT2D eigenvalue weighted by atomic mass is 19.1. The Balaban J connectivity index is 2.62. The van der Waals surface area contributed by atoms with Crippen LogP contribution in [0.3, 0.4) is 0 Å². The van der Waals surface area contributed by atoms with Crippen molar-refractivity contribution in [2.24, 2.45) is 0 Å². The van der Waals surface area contributed by atoms with E-state index in [1.165, 1.54) is 6.07 Å². The largest absolute Gasteiger partial charge is 0.399 e. The molecular formula is C14H14FN. The van der Waals surface area contributed by atoms with E-state index in [2.05, 4.69) is 0 Å². The number of halogens is 1. The van der Waals surface area contributed by atoms with Crippen LogP contribution in [-0.4, -0.2) is 0 Å². The summed E-state index contributed by atoms with van der Waals surface area (Å²) in [4.78, 5) is 0. The second kappa shape index (κ2) is 3.97. The lowest BCUT2D eigenvalue weighted by Gasteiger charge is -2.07.